The molecule has 220 valence electrons. The molecule has 0 amide bonds. The quantitative estimate of drug-likeness (QED) is 0.0457. The van der Waals surface area contributed by atoms with Crippen LogP contribution >= 0.6 is 0 Å². The van der Waals surface area contributed by atoms with Crippen LogP contribution in [0.5, 0.6) is 0 Å². The topological polar surface area (TPSA) is 133 Å². The van der Waals surface area contributed by atoms with Gasteiger partial charge in [-0.3, -0.25) is 0 Å². The van der Waals surface area contributed by atoms with E-state index < -0.39 is 11.8 Å². The molecule has 2 rings (SSSR count). The van der Waals surface area contributed by atoms with Crippen LogP contribution in [0.25, 0.3) is 0 Å². The molecule has 0 spiro atoms. The van der Waals surface area contributed by atoms with Crippen molar-refractivity contribution in [2.24, 2.45) is 11.8 Å². The predicted molar refractivity (Wildman–Crippen MR) is 139 cm³/mol. The van der Waals surface area contributed by atoms with E-state index >= 15 is 0 Å². The van der Waals surface area contributed by atoms with Crippen molar-refractivity contribution >= 4 is 5.97 Å². The van der Waals surface area contributed by atoms with Crippen molar-refractivity contribution in [2.45, 2.75) is 122 Å². The Labute approximate surface area is 226 Å². The second-order valence-corrected chi connectivity index (χ2v) is 10.4. The predicted octanol–water partition coefficient (Wildman–Crippen LogP) is 6.97. The van der Waals surface area contributed by atoms with Gasteiger partial charge >= 0.3 is 11.8 Å². The lowest BCUT2D eigenvalue weighted by Gasteiger charge is -2.25. The summed E-state index contributed by atoms with van der Waals surface area (Å²) < 4.78 is 11.4. The molecule has 1 unspecified atom stereocenters. The van der Waals surface area contributed by atoms with E-state index in [0.29, 0.717) is 43.5 Å². The minimum Gasteiger partial charge on any atom is -0.477 e. The molecule has 3 N–H and O–H groups in total. The van der Waals surface area contributed by atoms with Crippen LogP contribution in [0.3, 0.4) is 0 Å². The van der Waals surface area contributed by atoms with Gasteiger partial charge in [0.15, 0.2) is 6.29 Å². The summed E-state index contributed by atoms with van der Waals surface area (Å²) in [7, 11) is 0. The molecule has 0 aromatic rings. The molecule has 1 saturated carbocycles. The summed E-state index contributed by atoms with van der Waals surface area (Å²) in [6, 6.07) is 0. The van der Waals surface area contributed by atoms with Gasteiger partial charge in [0, 0.05) is 13.0 Å². The third-order valence-electron chi connectivity index (χ3n) is 7.52. The monoisotopic (exact) mass is 544 g/mol. The van der Waals surface area contributed by atoms with Crippen LogP contribution in [0.2, 0.25) is 0 Å². The number of allylic oxidation sites excluding steroid dienone is 2. The number of unbranched alkanes of at least 4 members (excludes halogenated alkanes) is 4. The maximum absolute atomic E-state index is 11.9. The van der Waals surface area contributed by atoms with E-state index in [-0.39, 0.29) is 12.7 Å². The fourth-order valence-corrected chi connectivity index (χ4v) is 5.44. The average molecular weight is 545 g/mol. The van der Waals surface area contributed by atoms with Crippen molar-refractivity contribution in [3.63, 3.8) is 0 Å². The van der Waals surface area contributed by atoms with Crippen molar-refractivity contribution < 1.29 is 49.7 Å². The fraction of sp³-hybridized carbons (Fsp3) is 0.821. The Balaban J connectivity index is 1.94. The Hall–Kier alpha value is -1.37. The molecule has 1 saturated heterocycles. The van der Waals surface area contributed by atoms with Crippen molar-refractivity contribution in [3.05, 3.63) is 23.8 Å². The SMILES string of the molecule is CCCCCCC=C[C@H]1CCC[C@@H]1CCCC(=CCCOC1CCCCO1)CC(OOO)(OOO)C(=O)O. The van der Waals surface area contributed by atoms with E-state index in [1.165, 1.54) is 44.9 Å². The number of carboxylic acid groups (broad SMARTS) is 1. The smallest absolute Gasteiger partial charge is 0.370 e. The molecule has 38 heavy (non-hydrogen) atoms. The summed E-state index contributed by atoms with van der Waals surface area (Å²) >= 11 is 0. The highest BCUT2D eigenvalue weighted by Crippen LogP contribution is 2.37. The Morgan fingerprint density at radius 3 is 2.50 bits per heavy atom. The van der Waals surface area contributed by atoms with Gasteiger partial charge in [-0.25, -0.2) is 15.3 Å². The van der Waals surface area contributed by atoms with Gasteiger partial charge < -0.3 is 14.6 Å². The lowest BCUT2D eigenvalue weighted by atomic mass is 9.88. The first kappa shape index (κ1) is 32.8. The van der Waals surface area contributed by atoms with E-state index in [0.717, 1.165) is 38.5 Å². The first-order chi connectivity index (χ1) is 18.5. The van der Waals surface area contributed by atoms with E-state index in [2.05, 4.69) is 38.9 Å². The van der Waals surface area contributed by atoms with E-state index in [4.69, 9.17) is 20.0 Å². The van der Waals surface area contributed by atoms with E-state index in [1.807, 2.05) is 6.08 Å². The minimum atomic E-state index is -2.57. The van der Waals surface area contributed by atoms with Gasteiger partial charge in [0.1, 0.15) is 0 Å². The number of hydrogen-bond acceptors (Lipinski definition) is 9. The third kappa shape index (κ3) is 12.2. The molecule has 0 bridgehead atoms. The van der Waals surface area contributed by atoms with Crippen molar-refractivity contribution in [3.8, 4) is 0 Å². The summed E-state index contributed by atoms with van der Waals surface area (Å²) in [5.41, 5.74) is 0.704. The van der Waals surface area contributed by atoms with Crippen LogP contribution in [-0.2, 0) is 34.1 Å². The molecule has 1 heterocycles. The number of hydrogen-bond donors (Lipinski definition) is 3. The number of aliphatic carboxylic acids is 1. The number of carbonyl (C=O) groups is 1. The molecule has 10 nitrogen and oxygen atoms in total. The zero-order valence-electron chi connectivity index (χ0n) is 22.9. The number of rotatable bonds is 21. The Morgan fingerprint density at radius 2 is 1.82 bits per heavy atom. The van der Waals surface area contributed by atoms with Gasteiger partial charge in [0.2, 0.25) is 0 Å². The van der Waals surface area contributed by atoms with Crippen molar-refractivity contribution in [2.75, 3.05) is 13.2 Å². The molecule has 2 fully saturated rings. The molecule has 10 heteroatoms. The maximum atomic E-state index is 11.9. The van der Waals surface area contributed by atoms with Gasteiger partial charge in [0.25, 0.3) is 0 Å². The zero-order valence-corrected chi connectivity index (χ0v) is 22.9. The summed E-state index contributed by atoms with van der Waals surface area (Å²) in [5.74, 6) is -3.00. The van der Waals surface area contributed by atoms with Crippen LogP contribution in [0.15, 0.2) is 23.8 Å². The highest BCUT2D eigenvalue weighted by Gasteiger charge is 2.46. The highest BCUT2D eigenvalue weighted by molar-refractivity contribution is 5.75. The highest BCUT2D eigenvalue weighted by atomic mass is 17.5. The number of carboxylic acids is 1. The molecule has 3 atom stereocenters. The van der Waals surface area contributed by atoms with Gasteiger partial charge in [-0.05, 0) is 82.5 Å². The first-order valence-corrected chi connectivity index (χ1v) is 14.3. The third-order valence-corrected chi connectivity index (χ3v) is 7.52. The van der Waals surface area contributed by atoms with Crippen LogP contribution < -0.4 is 0 Å². The Bertz CT molecular complexity index is 683. The molecule has 1 aliphatic carbocycles. The minimum absolute atomic E-state index is 0.213. The average Bonchev–Trinajstić information content (AvgIpc) is 3.36. The number of ether oxygens (including phenoxy) is 2. The largest absolute Gasteiger partial charge is 0.477 e. The zero-order chi connectivity index (χ0) is 27.5. The van der Waals surface area contributed by atoms with Gasteiger partial charge in [-0.1, -0.05) is 66.5 Å². The normalized spacial score (nSPS) is 22.9. The molecule has 0 radical (unpaired) electrons. The van der Waals surface area contributed by atoms with Crippen LogP contribution in [0, 0.1) is 11.8 Å². The van der Waals surface area contributed by atoms with Gasteiger partial charge in [-0.2, -0.15) is 9.78 Å². The molecule has 1 aliphatic heterocycles. The van der Waals surface area contributed by atoms with Crippen LogP contribution in [-0.4, -0.2) is 46.9 Å². The summed E-state index contributed by atoms with van der Waals surface area (Å²) in [5, 5.41) is 34.4. The van der Waals surface area contributed by atoms with Crippen molar-refractivity contribution in [1.82, 2.24) is 0 Å². The Kier molecular flexibility index (Phi) is 17.0. The van der Waals surface area contributed by atoms with Crippen LogP contribution in [0.4, 0.5) is 0 Å². The second-order valence-electron chi connectivity index (χ2n) is 10.4. The fourth-order valence-electron chi connectivity index (χ4n) is 5.44. The van der Waals surface area contributed by atoms with Gasteiger partial charge in [-0.15, -0.1) is 0 Å². The molecule has 2 aliphatic rings. The Morgan fingerprint density at radius 1 is 1.00 bits per heavy atom. The maximum Gasteiger partial charge on any atom is 0.370 e. The second kappa shape index (κ2) is 19.7. The van der Waals surface area contributed by atoms with Crippen LogP contribution in [0.1, 0.15) is 110 Å². The lowest BCUT2D eigenvalue weighted by molar-refractivity contribution is -0.622. The van der Waals surface area contributed by atoms with E-state index in [1.54, 1.807) is 0 Å². The molecular formula is C28H48O10. The summed E-state index contributed by atoms with van der Waals surface area (Å²) in [4.78, 5) is 20.8. The molecular weight excluding hydrogens is 496 g/mol. The summed E-state index contributed by atoms with van der Waals surface area (Å²) in [6.45, 7) is 3.33. The molecule has 0 aromatic heterocycles. The molecule has 0 aromatic carbocycles. The van der Waals surface area contributed by atoms with Crippen molar-refractivity contribution in [1.29, 1.82) is 0 Å². The lowest BCUT2D eigenvalue weighted by Crippen LogP contribution is -2.44. The van der Waals surface area contributed by atoms with E-state index in [9.17, 15) is 9.90 Å². The summed E-state index contributed by atoms with van der Waals surface area (Å²) in [6.07, 6.45) is 21.9. The standard InChI is InChI=1S/C28H48O10/c1-2-3-4-5-6-7-15-24-17-11-18-25(24)16-10-13-23(14-12-21-34-26-19-8-9-20-33-26)22-28(27(29)30,35-37-31)36-38-32/h7,14-15,24-26,31-32H,2-6,8-13,16-22H2,1H3,(H,29,30)/t24-,25-,26?/m0/s1. The first-order valence-electron chi connectivity index (χ1n) is 14.3. The van der Waals surface area contributed by atoms with Gasteiger partial charge in [0.05, 0.1) is 6.61 Å².